The maximum absolute atomic E-state index is 12.3. The van der Waals surface area contributed by atoms with Crippen LogP contribution in [0.15, 0.2) is 24.3 Å². The van der Waals surface area contributed by atoms with Crippen molar-refractivity contribution in [1.29, 1.82) is 0 Å². The third kappa shape index (κ3) is 4.56. The van der Waals surface area contributed by atoms with E-state index >= 15 is 0 Å². The second kappa shape index (κ2) is 7.59. The minimum Gasteiger partial charge on any atom is -0.497 e. The van der Waals surface area contributed by atoms with Crippen molar-refractivity contribution in [2.75, 3.05) is 7.11 Å². The monoisotopic (exact) mass is 309 g/mol. The maximum atomic E-state index is 12.3. The molecule has 0 heterocycles. The van der Waals surface area contributed by atoms with Gasteiger partial charge in [0.05, 0.1) is 7.11 Å². The molecule has 0 radical (unpaired) electrons. The summed E-state index contributed by atoms with van der Waals surface area (Å²) in [5.41, 5.74) is 0.924. The normalized spacial score (nSPS) is 18.2. The smallest absolute Gasteiger partial charge is 0.235 e. The Bertz CT molecular complexity index is 512. The molecule has 21 heavy (non-hydrogen) atoms. The summed E-state index contributed by atoms with van der Waals surface area (Å²) in [6.45, 7) is 1.74. The molecular formula is C16H23NO3S. The fourth-order valence-electron chi connectivity index (χ4n) is 2.56. The van der Waals surface area contributed by atoms with Gasteiger partial charge in [-0.15, -0.1) is 0 Å². The predicted molar refractivity (Wildman–Crippen MR) is 84.7 cm³/mol. The molecule has 5 heteroatoms. The number of carbonyl (C=O) groups is 1. The summed E-state index contributed by atoms with van der Waals surface area (Å²) in [6.07, 6.45) is 4.43. The zero-order valence-corrected chi connectivity index (χ0v) is 13.4. The van der Waals surface area contributed by atoms with Crippen LogP contribution >= 0.6 is 0 Å². The second-order valence-electron chi connectivity index (χ2n) is 5.51. The van der Waals surface area contributed by atoms with Crippen LogP contribution in [0.25, 0.3) is 0 Å². The van der Waals surface area contributed by atoms with E-state index in [2.05, 4.69) is 5.32 Å². The minimum atomic E-state index is -1.22. The molecule has 0 aromatic heterocycles. The van der Waals surface area contributed by atoms with E-state index in [4.69, 9.17) is 4.74 Å². The summed E-state index contributed by atoms with van der Waals surface area (Å²) in [7, 11) is 0.381. The topological polar surface area (TPSA) is 55.4 Å². The summed E-state index contributed by atoms with van der Waals surface area (Å²) in [6, 6.07) is 7.76. The van der Waals surface area contributed by atoms with Crippen LogP contribution in [-0.2, 0) is 21.3 Å². The molecule has 1 saturated carbocycles. The molecule has 1 N–H and O–H groups in total. The van der Waals surface area contributed by atoms with Crippen LogP contribution in [0.4, 0.5) is 0 Å². The van der Waals surface area contributed by atoms with Crippen molar-refractivity contribution < 1.29 is 13.7 Å². The first-order valence-corrected chi connectivity index (χ1v) is 8.79. The Labute approximate surface area is 128 Å². The van der Waals surface area contributed by atoms with E-state index in [0.29, 0.717) is 5.75 Å². The van der Waals surface area contributed by atoms with Gasteiger partial charge in [0.25, 0.3) is 0 Å². The fourth-order valence-corrected chi connectivity index (χ4v) is 3.62. The first kappa shape index (κ1) is 16.0. The molecule has 0 aliphatic heterocycles. The number of nitrogens with one attached hydrogen (secondary N) is 1. The highest BCUT2D eigenvalue weighted by molar-refractivity contribution is 7.85. The van der Waals surface area contributed by atoms with Crippen LogP contribution < -0.4 is 10.1 Å². The van der Waals surface area contributed by atoms with Gasteiger partial charge < -0.3 is 10.1 Å². The summed E-state index contributed by atoms with van der Waals surface area (Å²) in [5.74, 6) is 1.02. The number of benzene rings is 1. The second-order valence-corrected chi connectivity index (χ2v) is 7.27. The van der Waals surface area contributed by atoms with Gasteiger partial charge in [0.2, 0.25) is 5.91 Å². The summed E-state index contributed by atoms with van der Waals surface area (Å²) >= 11 is 0. The highest BCUT2D eigenvalue weighted by Gasteiger charge is 2.24. The molecule has 116 valence electrons. The molecule has 1 amide bonds. The van der Waals surface area contributed by atoms with Gasteiger partial charge in [0.15, 0.2) is 0 Å². The minimum absolute atomic E-state index is 0.0943. The molecule has 1 aliphatic rings. The largest absolute Gasteiger partial charge is 0.497 e. The molecule has 1 aromatic rings. The lowest BCUT2D eigenvalue weighted by Crippen LogP contribution is -2.40. The van der Waals surface area contributed by atoms with Crippen molar-refractivity contribution in [1.82, 2.24) is 5.32 Å². The van der Waals surface area contributed by atoms with E-state index in [9.17, 15) is 9.00 Å². The van der Waals surface area contributed by atoms with Crippen molar-refractivity contribution in [2.45, 2.75) is 49.7 Å². The van der Waals surface area contributed by atoms with Crippen molar-refractivity contribution in [2.24, 2.45) is 0 Å². The van der Waals surface area contributed by atoms with E-state index in [1.165, 1.54) is 12.8 Å². The van der Waals surface area contributed by atoms with E-state index in [1.807, 2.05) is 24.3 Å². The molecular weight excluding hydrogens is 286 g/mol. The highest BCUT2D eigenvalue weighted by atomic mass is 32.2. The first-order valence-electron chi connectivity index (χ1n) is 7.40. The molecule has 0 spiro atoms. The van der Waals surface area contributed by atoms with E-state index in [0.717, 1.165) is 24.2 Å². The van der Waals surface area contributed by atoms with Crippen LogP contribution in [-0.4, -0.2) is 28.5 Å². The van der Waals surface area contributed by atoms with E-state index < -0.39 is 16.0 Å². The Balaban J connectivity index is 1.90. The highest BCUT2D eigenvalue weighted by Crippen LogP contribution is 2.19. The molecule has 4 nitrogen and oxygen atoms in total. The number of hydrogen-bond acceptors (Lipinski definition) is 3. The Morgan fingerprint density at radius 1 is 1.43 bits per heavy atom. The number of rotatable bonds is 6. The SMILES string of the molecule is COc1cccc(C[S@@](=O)[C@H](C)C(=O)NC2CCCC2)c1. The van der Waals surface area contributed by atoms with Crippen LogP contribution in [0.1, 0.15) is 38.2 Å². The average molecular weight is 309 g/mol. The Kier molecular flexibility index (Phi) is 5.79. The molecule has 2 rings (SSSR count). The van der Waals surface area contributed by atoms with E-state index in [-0.39, 0.29) is 11.9 Å². The third-order valence-corrected chi connectivity index (χ3v) is 5.53. The van der Waals surface area contributed by atoms with Gasteiger partial charge in [-0.1, -0.05) is 25.0 Å². The van der Waals surface area contributed by atoms with Gasteiger partial charge in [-0.05, 0) is 37.5 Å². The van der Waals surface area contributed by atoms with Crippen LogP contribution in [0, 0.1) is 0 Å². The third-order valence-electron chi connectivity index (χ3n) is 3.91. The maximum Gasteiger partial charge on any atom is 0.235 e. The van der Waals surface area contributed by atoms with Crippen LogP contribution in [0.5, 0.6) is 5.75 Å². The van der Waals surface area contributed by atoms with Gasteiger partial charge >= 0.3 is 0 Å². The summed E-state index contributed by atoms with van der Waals surface area (Å²) in [5, 5.41) is 2.52. The molecule has 0 unspecified atom stereocenters. The lowest BCUT2D eigenvalue weighted by molar-refractivity contribution is -0.121. The zero-order chi connectivity index (χ0) is 15.2. The van der Waals surface area contributed by atoms with Crippen molar-refractivity contribution in [3.05, 3.63) is 29.8 Å². The number of amides is 1. The lowest BCUT2D eigenvalue weighted by atomic mass is 10.2. The molecule has 2 atom stereocenters. The first-order chi connectivity index (χ1) is 10.1. The quantitative estimate of drug-likeness (QED) is 0.878. The Morgan fingerprint density at radius 2 is 2.14 bits per heavy atom. The Hall–Kier alpha value is -1.36. The average Bonchev–Trinajstić information content (AvgIpc) is 2.99. The standard InChI is InChI=1S/C16H23NO3S/c1-12(16(18)17-14-7-3-4-8-14)21(19)11-13-6-5-9-15(10-13)20-2/h5-6,9-10,12,14H,3-4,7-8,11H2,1-2H3,(H,17,18)/t12-,21-/m1/s1. The lowest BCUT2D eigenvalue weighted by Gasteiger charge is -2.16. The van der Waals surface area contributed by atoms with Gasteiger partial charge in [-0.3, -0.25) is 9.00 Å². The van der Waals surface area contributed by atoms with Gasteiger partial charge in [-0.2, -0.15) is 0 Å². The fraction of sp³-hybridized carbons (Fsp3) is 0.562. The molecule has 0 bridgehead atoms. The van der Waals surface area contributed by atoms with Crippen molar-refractivity contribution >= 4 is 16.7 Å². The summed E-state index contributed by atoms with van der Waals surface area (Å²) in [4.78, 5) is 12.1. The van der Waals surface area contributed by atoms with Crippen molar-refractivity contribution in [3.63, 3.8) is 0 Å². The number of methoxy groups -OCH3 is 1. The number of carbonyl (C=O) groups excluding carboxylic acids is 1. The predicted octanol–water partition coefficient (Wildman–Crippen LogP) is 2.39. The molecule has 0 saturated heterocycles. The number of ether oxygens (including phenoxy) is 1. The zero-order valence-electron chi connectivity index (χ0n) is 12.6. The Morgan fingerprint density at radius 3 is 2.81 bits per heavy atom. The van der Waals surface area contributed by atoms with Crippen LogP contribution in [0.3, 0.4) is 0 Å². The molecule has 1 aromatic carbocycles. The van der Waals surface area contributed by atoms with Crippen molar-refractivity contribution in [3.8, 4) is 5.75 Å². The van der Waals surface area contributed by atoms with E-state index in [1.54, 1.807) is 14.0 Å². The summed E-state index contributed by atoms with van der Waals surface area (Å²) < 4.78 is 17.5. The van der Waals surface area contributed by atoms with Gasteiger partial charge in [-0.25, -0.2) is 0 Å². The van der Waals surface area contributed by atoms with Crippen LogP contribution in [0.2, 0.25) is 0 Å². The van der Waals surface area contributed by atoms with Gasteiger partial charge in [0, 0.05) is 22.6 Å². The molecule has 1 fully saturated rings. The number of hydrogen-bond donors (Lipinski definition) is 1. The molecule has 1 aliphatic carbocycles. The van der Waals surface area contributed by atoms with Gasteiger partial charge in [0.1, 0.15) is 11.0 Å².